The average Bonchev–Trinajstić information content (AvgIpc) is 2.88. The van der Waals surface area contributed by atoms with E-state index in [1.807, 2.05) is 37.3 Å². The van der Waals surface area contributed by atoms with Crippen molar-refractivity contribution < 1.29 is 14.3 Å². The van der Waals surface area contributed by atoms with Gasteiger partial charge in [-0.2, -0.15) is 0 Å². The second kappa shape index (κ2) is 6.08. The third kappa shape index (κ3) is 2.72. The minimum atomic E-state index is -0.112. The van der Waals surface area contributed by atoms with Gasteiger partial charge in [-0.1, -0.05) is 15.9 Å². The van der Waals surface area contributed by atoms with Crippen molar-refractivity contribution in [2.24, 2.45) is 0 Å². The lowest BCUT2D eigenvalue weighted by atomic mass is 9.99. The first-order valence-electron chi connectivity index (χ1n) is 7.09. The summed E-state index contributed by atoms with van der Waals surface area (Å²) in [5.41, 5.74) is 4.23. The van der Waals surface area contributed by atoms with Crippen molar-refractivity contribution in [2.75, 3.05) is 19.5 Å². The Bertz CT molecular complexity index is 827. The van der Waals surface area contributed by atoms with Gasteiger partial charge < -0.3 is 14.8 Å². The summed E-state index contributed by atoms with van der Waals surface area (Å²) < 4.78 is 11.6. The number of fused-ring (bicyclic) bond motifs is 1. The van der Waals surface area contributed by atoms with Crippen LogP contribution in [0.15, 0.2) is 34.8 Å². The number of hydrogen-bond acceptors (Lipinski definition) is 3. The number of hydrogen-bond donors (Lipinski definition) is 1. The second-order valence-corrected chi connectivity index (χ2v) is 6.07. The summed E-state index contributed by atoms with van der Waals surface area (Å²) in [6.45, 7) is 1.99. The van der Waals surface area contributed by atoms with Gasteiger partial charge >= 0.3 is 0 Å². The zero-order chi connectivity index (χ0) is 16.6. The third-order valence-electron chi connectivity index (χ3n) is 3.90. The van der Waals surface area contributed by atoms with E-state index in [2.05, 4.69) is 21.2 Å². The van der Waals surface area contributed by atoms with Gasteiger partial charge in [-0.15, -0.1) is 0 Å². The Labute approximate surface area is 143 Å². The molecule has 0 aromatic heterocycles. The van der Waals surface area contributed by atoms with Crippen molar-refractivity contribution in [1.29, 1.82) is 0 Å². The first-order valence-corrected chi connectivity index (χ1v) is 7.89. The SMILES string of the molecule is COc1ccc(C=C2C(=O)Nc3ccc(Br)c(C)c32)c(OC)c1. The van der Waals surface area contributed by atoms with Crippen LogP contribution in [0.5, 0.6) is 11.5 Å². The highest BCUT2D eigenvalue weighted by atomic mass is 79.9. The number of halogens is 1. The largest absolute Gasteiger partial charge is 0.497 e. The molecule has 3 rings (SSSR count). The molecule has 1 aliphatic rings. The van der Waals surface area contributed by atoms with E-state index >= 15 is 0 Å². The molecule has 2 aromatic carbocycles. The van der Waals surface area contributed by atoms with Crippen LogP contribution >= 0.6 is 15.9 Å². The normalized spacial score (nSPS) is 14.6. The summed E-state index contributed by atoms with van der Waals surface area (Å²) in [5, 5.41) is 2.90. The quantitative estimate of drug-likeness (QED) is 0.817. The van der Waals surface area contributed by atoms with E-state index in [0.717, 1.165) is 26.9 Å². The molecule has 4 nitrogen and oxygen atoms in total. The van der Waals surface area contributed by atoms with Crippen LogP contribution in [0, 0.1) is 6.92 Å². The molecule has 1 N–H and O–H groups in total. The van der Waals surface area contributed by atoms with Crippen LogP contribution in [0.25, 0.3) is 11.6 Å². The first kappa shape index (κ1) is 15.6. The minimum Gasteiger partial charge on any atom is -0.497 e. The molecule has 0 atom stereocenters. The van der Waals surface area contributed by atoms with Crippen LogP contribution in [-0.4, -0.2) is 20.1 Å². The molecule has 23 heavy (non-hydrogen) atoms. The van der Waals surface area contributed by atoms with Gasteiger partial charge in [0.2, 0.25) is 0 Å². The number of carbonyl (C=O) groups is 1. The summed E-state index contributed by atoms with van der Waals surface area (Å²) in [7, 11) is 3.20. The fourth-order valence-corrected chi connectivity index (χ4v) is 3.00. The number of rotatable bonds is 3. The molecule has 0 fully saturated rings. The van der Waals surface area contributed by atoms with E-state index in [1.165, 1.54) is 0 Å². The molecule has 118 valence electrons. The van der Waals surface area contributed by atoms with Gasteiger partial charge in [0, 0.05) is 27.4 Å². The van der Waals surface area contributed by atoms with Crippen LogP contribution in [-0.2, 0) is 4.79 Å². The lowest BCUT2D eigenvalue weighted by Gasteiger charge is -2.09. The fraction of sp³-hybridized carbons (Fsp3) is 0.167. The molecule has 1 aliphatic heterocycles. The molecule has 0 unspecified atom stereocenters. The van der Waals surface area contributed by atoms with Crippen LogP contribution in [0.4, 0.5) is 5.69 Å². The molecule has 5 heteroatoms. The van der Waals surface area contributed by atoms with Crippen molar-refractivity contribution in [2.45, 2.75) is 6.92 Å². The minimum absolute atomic E-state index is 0.112. The number of benzene rings is 2. The molecular formula is C18H16BrNO3. The molecule has 2 aromatic rings. The Balaban J connectivity index is 2.15. The number of anilines is 1. The Morgan fingerprint density at radius 1 is 1.13 bits per heavy atom. The van der Waals surface area contributed by atoms with Crippen molar-refractivity contribution in [3.63, 3.8) is 0 Å². The topological polar surface area (TPSA) is 47.6 Å². The predicted molar refractivity (Wildman–Crippen MR) is 94.9 cm³/mol. The Morgan fingerprint density at radius 3 is 2.61 bits per heavy atom. The monoisotopic (exact) mass is 373 g/mol. The van der Waals surface area contributed by atoms with Crippen LogP contribution in [0.1, 0.15) is 16.7 Å². The summed E-state index contributed by atoms with van der Waals surface area (Å²) >= 11 is 3.52. The summed E-state index contributed by atoms with van der Waals surface area (Å²) in [6, 6.07) is 9.36. The molecular weight excluding hydrogens is 358 g/mol. The van der Waals surface area contributed by atoms with Gasteiger partial charge in [-0.25, -0.2) is 0 Å². The van der Waals surface area contributed by atoms with E-state index in [1.54, 1.807) is 20.3 Å². The molecule has 0 spiro atoms. The maximum Gasteiger partial charge on any atom is 0.256 e. The predicted octanol–water partition coefficient (Wildman–Crippen LogP) is 4.27. The van der Waals surface area contributed by atoms with E-state index in [4.69, 9.17) is 9.47 Å². The summed E-state index contributed by atoms with van der Waals surface area (Å²) in [6.07, 6.45) is 1.85. The Hall–Kier alpha value is -2.27. The molecule has 0 aliphatic carbocycles. The van der Waals surface area contributed by atoms with Gasteiger partial charge in [-0.05, 0) is 42.8 Å². The first-order chi connectivity index (χ1) is 11.0. The maximum absolute atomic E-state index is 12.4. The molecule has 0 radical (unpaired) electrons. The van der Waals surface area contributed by atoms with E-state index in [9.17, 15) is 4.79 Å². The van der Waals surface area contributed by atoms with Crippen LogP contribution in [0.2, 0.25) is 0 Å². The highest BCUT2D eigenvalue weighted by Gasteiger charge is 2.27. The number of nitrogens with one attached hydrogen (secondary N) is 1. The zero-order valence-corrected chi connectivity index (χ0v) is 14.7. The fourth-order valence-electron chi connectivity index (χ4n) is 2.67. The van der Waals surface area contributed by atoms with Crippen LogP contribution < -0.4 is 14.8 Å². The lowest BCUT2D eigenvalue weighted by Crippen LogP contribution is -2.03. The highest BCUT2D eigenvalue weighted by molar-refractivity contribution is 9.10. The van der Waals surface area contributed by atoms with Crippen molar-refractivity contribution in [3.8, 4) is 11.5 Å². The average molecular weight is 374 g/mol. The number of ether oxygens (including phenoxy) is 2. The summed E-state index contributed by atoms with van der Waals surface area (Å²) in [5.74, 6) is 1.25. The maximum atomic E-state index is 12.4. The Kier molecular flexibility index (Phi) is 4.13. The second-order valence-electron chi connectivity index (χ2n) is 5.21. The van der Waals surface area contributed by atoms with Gasteiger partial charge in [0.1, 0.15) is 11.5 Å². The molecule has 1 amide bonds. The molecule has 1 heterocycles. The van der Waals surface area contributed by atoms with Gasteiger partial charge in [0.05, 0.1) is 19.8 Å². The van der Waals surface area contributed by atoms with Crippen LogP contribution in [0.3, 0.4) is 0 Å². The standard InChI is InChI=1S/C18H16BrNO3/c1-10-14(19)6-7-15-17(10)13(18(21)20-15)8-11-4-5-12(22-2)9-16(11)23-3/h4-9H,1-3H3,(H,20,21). The van der Waals surface area contributed by atoms with Crippen molar-refractivity contribution in [3.05, 3.63) is 51.5 Å². The van der Waals surface area contributed by atoms with E-state index in [0.29, 0.717) is 17.1 Å². The van der Waals surface area contributed by atoms with Gasteiger partial charge in [-0.3, -0.25) is 4.79 Å². The van der Waals surface area contributed by atoms with E-state index in [-0.39, 0.29) is 5.91 Å². The molecule has 0 bridgehead atoms. The van der Waals surface area contributed by atoms with Crippen molar-refractivity contribution in [1.82, 2.24) is 0 Å². The van der Waals surface area contributed by atoms with Gasteiger partial charge in [0.25, 0.3) is 5.91 Å². The molecule has 0 saturated heterocycles. The van der Waals surface area contributed by atoms with Crippen molar-refractivity contribution >= 4 is 39.2 Å². The lowest BCUT2D eigenvalue weighted by molar-refractivity contribution is -0.110. The molecule has 0 saturated carbocycles. The number of amides is 1. The van der Waals surface area contributed by atoms with Gasteiger partial charge in [0.15, 0.2) is 0 Å². The third-order valence-corrected chi connectivity index (χ3v) is 4.76. The number of carbonyl (C=O) groups excluding carboxylic acids is 1. The Morgan fingerprint density at radius 2 is 1.91 bits per heavy atom. The van der Waals surface area contributed by atoms with E-state index < -0.39 is 0 Å². The summed E-state index contributed by atoms with van der Waals surface area (Å²) in [4.78, 5) is 12.4. The smallest absolute Gasteiger partial charge is 0.256 e. The zero-order valence-electron chi connectivity index (χ0n) is 13.1. The number of methoxy groups -OCH3 is 2. The highest BCUT2D eigenvalue weighted by Crippen LogP contribution is 2.39.